The molecular weight excluding hydrogens is 332 g/mol. The van der Waals surface area contributed by atoms with Crippen LogP contribution in [0.2, 0.25) is 0 Å². The second-order valence-electron chi connectivity index (χ2n) is 6.53. The third-order valence-electron chi connectivity index (χ3n) is 4.68. The summed E-state index contributed by atoms with van der Waals surface area (Å²) >= 11 is 0. The summed E-state index contributed by atoms with van der Waals surface area (Å²) in [4.78, 5) is 26.6. The van der Waals surface area contributed by atoms with Crippen molar-refractivity contribution in [2.75, 3.05) is 13.1 Å². The molecule has 7 nitrogen and oxygen atoms in total. The molecule has 1 aliphatic heterocycles. The first-order valence-electron chi connectivity index (χ1n) is 8.75. The average Bonchev–Trinajstić information content (AvgIpc) is 3.32. The van der Waals surface area contributed by atoms with Crippen molar-refractivity contribution < 1.29 is 14.0 Å². The van der Waals surface area contributed by atoms with Gasteiger partial charge >= 0.3 is 0 Å². The summed E-state index contributed by atoms with van der Waals surface area (Å²) in [6.45, 7) is 1.17. The molecule has 2 aromatic heterocycles. The van der Waals surface area contributed by atoms with E-state index in [0.29, 0.717) is 18.8 Å². The second kappa shape index (κ2) is 7.03. The maximum Gasteiger partial charge on any atom is 0.289 e. The fourth-order valence-electron chi connectivity index (χ4n) is 3.42. The number of nitrogens with one attached hydrogen (secondary N) is 2. The summed E-state index contributed by atoms with van der Waals surface area (Å²) < 4.78 is 5.19. The van der Waals surface area contributed by atoms with Gasteiger partial charge in [-0.15, -0.1) is 0 Å². The number of nitrogens with zero attached hydrogens (tertiary/aromatic N) is 2. The quantitative estimate of drug-likeness (QED) is 0.752. The molecule has 0 spiro atoms. The smallest absolute Gasteiger partial charge is 0.289 e. The van der Waals surface area contributed by atoms with Gasteiger partial charge in [0.25, 0.3) is 5.91 Å². The van der Waals surface area contributed by atoms with Gasteiger partial charge in [0, 0.05) is 24.5 Å². The zero-order valence-corrected chi connectivity index (χ0v) is 14.3. The highest BCUT2D eigenvalue weighted by molar-refractivity contribution is 5.91. The summed E-state index contributed by atoms with van der Waals surface area (Å²) in [5.41, 5.74) is 1.65. The van der Waals surface area contributed by atoms with Gasteiger partial charge < -0.3 is 14.6 Å². The van der Waals surface area contributed by atoms with Crippen LogP contribution >= 0.6 is 0 Å². The fraction of sp³-hybridized carbons (Fsp3) is 0.316. The first-order valence-corrected chi connectivity index (χ1v) is 8.75. The predicted molar refractivity (Wildman–Crippen MR) is 95.6 cm³/mol. The minimum absolute atomic E-state index is 0.0515. The fourth-order valence-corrected chi connectivity index (χ4v) is 3.42. The van der Waals surface area contributed by atoms with Crippen molar-refractivity contribution in [3.05, 3.63) is 54.1 Å². The monoisotopic (exact) mass is 352 g/mol. The van der Waals surface area contributed by atoms with E-state index >= 15 is 0 Å². The van der Waals surface area contributed by atoms with E-state index in [9.17, 15) is 9.59 Å². The Balaban J connectivity index is 1.37. The van der Waals surface area contributed by atoms with Crippen molar-refractivity contribution in [3.8, 4) is 0 Å². The number of fused-ring (bicyclic) bond motifs is 1. The van der Waals surface area contributed by atoms with E-state index in [2.05, 4.69) is 15.5 Å². The van der Waals surface area contributed by atoms with Gasteiger partial charge in [0.1, 0.15) is 0 Å². The number of para-hydroxylation sites is 1. The zero-order chi connectivity index (χ0) is 17.9. The number of hydrogen-bond acceptors (Lipinski definition) is 4. The standard InChI is InChI=1S/C19H20N4O3/c24-18(11-16-14-6-1-2-7-15(14)21-22-16)20-13-5-3-9-23(12-13)19(25)17-8-4-10-26-17/h1-2,4,6-8,10,13H,3,5,9,11-12H2,(H,20,24)(H,21,22). The largest absolute Gasteiger partial charge is 0.459 e. The molecule has 1 saturated heterocycles. The number of piperidine rings is 1. The van der Waals surface area contributed by atoms with Gasteiger partial charge in [-0.05, 0) is 31.0 Å². The summed E-state index contributed by atoms with van der Waals surface area (Å²) in [5, 5.41) is 11.2. The first kappa shape index (κ1) is 16.4. The van der Waals surface area contributed by atoms with Crippen LogP contribution in [0.25, 0.3) is 10.9 Å². The zero-order valence-electron chi connectivity index (χ0n) is 14.3. The lowest BCUT2D eigenvalue weighted by Crippen LogP contribution is -2.49. The van der Waals surface area contributed by atoms with Crippen LogP contribution in [0.3, 0.4) is 0 Å². The maximum absolute atomic E-state index is 12.4. The third-order valence-corrected chi connectivity index (χ3v) is 4.68. The summed E-state index contributed by atoms with van der Waals surface area (Å²) in [5.74, 6) is 0.131. The van der Waals surface area contributed by atoms with Crippen LogP contribution in [0.4, 0.5) is 0 Å². The Kier molecular flexibility index (Phi) is 4.43. The number of carbonyl (C=O) groups excluding carboxylic acids is 2. The minimum atomic E-state index is -0.131. The lowest BCUT2D eigenvalue weighted by molar-refractivity contribution is -0.121. The number of hydrogen-bond donors (Lipinski definition) is 2. The lowest BCUT2D eigenvalue weighted by atomic mass is 10.0. The molecule has 2 amide bonds. The SMILES string of the molecule is O=C(Cc1[nH]nc2ccccc12)NC1CCCN(C(=O)c2ccco2)C1. The van der Waals surface area contributed by atoms with Crippen LogP contribution in [0.1, 0.15) is 29.1 Å². The van der Waals surface area contributed by atoms with Gasteiger partial charge in [0.15, 0.2) is 5.76 Å². The Bertz CT molecular complexity index is 916. The number of rotatable bonds is 4. The van der Waals surface area contributed by atoms with Crippen LogP contribution < -0.4 is 5.32 Å². The van der Waals surface area contributed by atoms with Crippen LogP contribution in [0, 0.1) is 0 Å². The molecule has 0 aliphatic carbocycles. The molecule has 26 heavy (non-hydrogen) atoms. The molecule has 4 rings (SSSR count). The molecule has 3 aromatic rings. The molecule has 1 unspecified atom stereocenters. The number of amides is 2. The normalized spacial score (nSPS) is 17.4. The molecule has 134 valence electrons. The molecule has 0 radical (unpaired) electrons. The van der Waals surface area contributed by atoms with E-state index in [1.54, 1.807) is 17.0 Å². The molecule has 1 aliphatic rings. The van der Waals surface area contributed by atoms with Crippen molar-refractivity contribution in [1.29, 1.82) is 0 Å². The highest BCUT2D eigenvalue weighted by Crippen LogP contribution is 2.17. The second-order valence-corrected chi connectivity index (χ2v) is 6.53. The van der Waals surface area contributed by atoms with Crippen molar-refractivity contribution in [3.63, 3.8) is 0 Å². The van der Waals surface area contributed by atoms with E-state index < -0.39 is 0 Å². The number of likely N-dealkylation sites (tertiary alicyclic amines) is 1. The topological polar surface area (TPSA) is 91.2 Å². The Morgan fingerprint density at radius 1 is 1.27 bits per heavy atom. The predicted octanol–water partition coefficient (Wildman–Crippen LogP) is 2.12. The van der Waals surface area contributed by atoms with Crippen molar-refractivity contribution in [1.82, 2.24) is 20.4 Å². The Morgan fingerprint density at radius 2 is 2.15 bits per heavy atom. The number of carbonyl (C=O) groups is 2. The van der Waals surface area contributed by atoms with Crippen LogP contribution in [-0.2, 0) is 11.2 Å². The van der Waals surface area contributed by atoms with Gasteiger partial charge in [-0.25, -0.2) is 0 Å². The lowest BCUT2D eigenvalue weighted by Gasteiger charge is -2.32. The summed E-state index contributed by atoms with van der Waals surface area (Å²) in [6, 6.07) is 11.0. The maximum atomic E-state index is 12.4. The van der Waals surface area contributed by atoms with E-state index in [4.69, 9.17) is 4.42 Å². The number of H-pyrrole nitrogens is 1. The highest BCUT2D eigenvalue weighted by Gasteiger charge is 2.26. The van der Waals surface area contributed by atoms with Gasteiger partial charge in [-0.2, -0.15) is 5.10 Å². The molecule has 1 aromatic carbocycles. The van der Waals surface area contributed by atoms with Crippen molar-refractivity contribution >= 4 is 22.7 Å². The van der Waals surface area contributed by atoms with Crippen LogP contribution in [0.5, 0.6) is 0 Å². The van der Waals surface area contributed by atoms with Crippen LogP contribution in [-0.4, -0.2) is 46.0 Å². The highest BCUT2D eigenvalue weighted by atomic mass is 16.3. The van der Waals surface area contributed by atoms with Gasteiger partial charge in [-0.1, -0.05) is 18.2 Å². The number of furan rings is 1. The van der Waals surface area contributed by atoms with Gasteiger partial charge in [0.05, 0.1) is 23.9 Å². The number of benzene rings is 1. The molecule has 0 bridgehead atoms. The van der Waals surface area contributed by atoms with Crippen molar-refractivity contribution in [2.45, 2.75) is 25.3 Å². The van der Waals surface area contributed by atoms with E-state index in [1.807, 2.05) is 24.3 Å². The summed E-state index contributed by atoms with van der Waals surface area (Å²) in [6.07, 6.45) is 3.44. The van der Waals surface area contributed by atoms with Gasteiger partial charge in [0.2, 0.25) is 5.91 Å². The number of aromatic amines is 1. The van der Waals surface area contributed by atoms with E-state index in [-0.39, 0.29) is 24.3 Å². The van der Waals surface area contributed by atoms with Crippen LogP contribution in [0.15, 0.2) is 47.1 Å². The average molecular weight is 352 g/mol. The molecule has 1 fully saturated rings. The first-order chi connectivity index (χ1) is 12.7. The minimum Gasteiger partial charge on any atom is -0.459 e. The third kappa shape index (κ3) is 3.33. The van der Waals surface area contributed by atoms with Crippen molar-refractivity contribution in [2.24, 2.45) is 0 Å². The Labute approximate surface area is 150 Å². The Hall–Kier alpha value is -3.09. The van der Waals surface area contributed by atoms with E-state index in [1.165, 1.54) is 6.26 Å². The molecular formula is C19H20N4O3. The van der Waals surface area contributed by atoms with Gasteiger partial charge in [-0.3, -0.25) is 14.7 Å². The van der Waals surface area contributed by atoms with E-state index in [0.717, 1.165) is 29.4 Å². The molecule has 7 heteroatoms. The summed E-state index contributed by atoms with van der Waals surface area (Å²) in [7, 11) is 0. The molecule has 2 N–H and O–H groups in total. The molecule has 0 saturated carbocycles. The Morgan fingerprint density at radius 3 is 3.00 bits per heavy atom. The molecule has 3 heterocycles. The number of aromatic nitrogens is 2. The molecule has 1 atom stereocenters.